The molecule has 0 saturated heterocycles. The van der Waals surface area contributed by atoms with Crippen molar-refractivity contribution in [3.05, 3.63) is 134 Å². The number of aromatic nitrogens is 2. The summed E-state index contributed by atoms with van der Waals surface area (Å²) in [5.41, 5.74) is 7.35. The molecule has 13 nitrogen and oxygen atoms in total. The molecule has 1 aliphatic heterocycles. The van der Waals surface area contributed by atoms with Gasteiger partial charge in [-0.1, -0.05) is 72.1 Å². The molecule has 340 valence electrons. The van der Waals surface area contributed by atoms with Crippen LogP contribution >= 0.6 is 35.0 Å². The Hall–Kier alpha value is -6.03. The molecular weight excluding hydrogens is 903 g/mol. The second-order valence-corrected chi connectivity index (χ2v) is 17.2. The number of nitrogens with two attached hydrogens (primary N) is 2. The third-order valence-electron chi connectivity index (χ3n) is 10.2. The van der Waals surface area contributed by atoms with Crippen molar-refractivity contribution >= 4 is 75.7 Å². The lowest BCUT2D eigenvalue weighted by molar-refractivity contribution is -0.122. The van der Waals surface area contributed by atoms with Gasteiger partial charge in [0, 0.05) is 69.3 Å². The summed E-state index contributed by atoms with van der Waals surface area (Å²) < 4.78 is 50.5. The van der Waals surface area contributed by atoms with E-state index in [0.29, 0.717) is 46.2 Å². The molecule has 65 heavy (non-hydrogen) atoms. The van der Waals surface area contributed by atoms with Crippen molar-refractivity contribution in [3.8, 4) is 11.8 Å². The lowest BCUT2D eigenvalue weighted by Crippen LogP contribution is -2.36. The van der Waals surface area contributed by atoms with E-state index in [1.54, 1.807) is 32.0 Å². The van der Waals surface area contributed by atoms with E-state index in [4.69, 9.17) is 39.5 Å². The lowest BCUT2D eigenvalue weighted by Gasteiger charge is -2.21. The first-order valence-corrected chi connectivity index (χ1v) is 22.2. The van der Waals surface area contributed by atoms with Gasteiger partial charge in [0.1, 0.15) is 23.1 Å². The van der Waals surface area contributed by atoms with Crippen molar-refractivity contribution in [1.82, 2.24) is 20.6 Å². The summed E-state index contributed by atoms with van der Waals surface area (Å²) >= 11 is 13.7. The predicted molar refractivity (Wildman–Crippen MR) is 248 cm³/mol. The number of hydrazine groups is 1. The van der Waals surface area contributed by atoms with Crippen LogP contribution < -0.4 is 37.4 Å². The number of ether oxygens (including phenoxy) is 1. The Morgan fingerprint density at radius 3 is 2.37 bits per heavy atom. The van der Waals surface area contributed by atoms with E-state index < -0.39 is 46.8 Å². The number of fused-ring (bicyclic) bond motifs is 1. The highest BCUT2D eigenvalue weighted by Gasteiger charge is 2.44. The van der Waals surface area contributed by atoms with Crippen LogP contribution in [0, 0.1) is 29.3 Å². The van der Waals surface area contributed by atoms with Gasteiger partial charge in [0.05, 0.1) is 31.7 Å². The molecule has 1 aromatic heterocycles. The molecule has 0 atom stereocenters. The Morgan fingerprint density at radius 2 is 1.66 bits per heavy atom. The number of nitrogens with one attached hydrogen (secondary N) is 3. The minimum Gasteiger partial charge on any atom is -0.393 e. The lowest BCUT2D eigenvalue weighted by atomic mass is 9.86. The molecule has 0 spiro atoms. The van der Waals surface area contributed by atoms with Gasteiger partial charge < -0.3 is 31.3 Å². The zero-order chi connectivity index (χ0) is 46.8. The number of rotatable bonds is 18. The maximum absolute atomic E-state index is 15.1. The minimum atomic E-state index is -0.986. The van der Waals surface area contributed by atoms with E-state index in [1.807, 2.05) is 12.1 Å². The SMILES string of the molecule is CCCSc1nc(NCCOCCNC(=O)C#Cc2cc(F)c(CNC(=O)c3ccc4c(c3)N(Cc3c(F)cccc3Cl)C(=O)C4(C)C)c(F)c2)c(N)c(N(N)Cc2ccc(Cl)cc2)n1. The number of thioether (sulfide) groups is 1. The van der Waals surface area contributed by atoms with E-state index in [0.717, 1.165) is 29.9 Å². The molecule has 0 aliphatic carbocycles. The number of hydrogen-bond donors (Lipinski definition) is 5. The Labute approximate surface area is 388 Å². The van der Waals surface area contributed by atoms with Crippen LogP contribution in [0.4, 0.5) is 36.2 Å². The number of nitrogens with zero attached hydrogens (tertiary/aromatic N) is 4. The molecule has 0 radical (unpaired) electrons. The number of benzene rings is 4. The van der Waals surface area contributed by atoms with Crippen LogP contribution in [0.1, 0.15) is 65.4 Å². The van der Waals surface area contributed by atoms with Crippen LogP contribution in [-0.2, 0) is 39.4 Å². The predicted octanol–water partition coefficient (Wildman–Crippen LogP) is 7.52. The van der Waals surface area contributed by atoms with E-state index in [-0.39, 0.29) is 59.6 Å². The summed E-state index contributed by atoms with van der Waals surface area (Å²) in [6.45, 7) is 5.95. The third kappa shape index (κ3) is 12.0. The molecule has 0 bridgehead atoms. The Morgan fingerprint density at radius 1 is 0.938 bits per heavy atom. The highest BCUT2D eigenvalue weighted by atomic mass is 35.5. The van der Waals surface area contributed by atoms with Crippen LogP contribution in [0.15, 0.2) is 78.0 Å². The smallest absolute Gasteiger partial charge is 0.296 e. The fourth-order valence-corrected chi connectivity index (χ4v) is 7.81. The van der Waals surface area contributed by atoms with Crippen molar-refractivity contribution in [1.29, 1.82) is 0 Å². The van der Waals surface area contributed by atoms with E-state index in [9.17, 15) is 18.8 Å². The molecule has 0 saturated carbocycles. The van der Waals surface area contributed by atoms with E-state index in [2.05, 4.69) is 44.7 Å². The summed E-state index contributed by atoms with van der Waals surface area (Å²) in [6.07, 6.45) is 0.917. The Kier molecular flexibility index (Phi) is 16.2. The molecule has 7 N–H and O–H groups in total. The van der Waals surface area contributed by atoms with Crippen LogP contribution in [0.2, 0.25) is 10.0 Å². The average Bonchev–Trinajstić information content (AvgIpc) is 3.46. The first-order chi connectivity index (χ1) is 31.1. The van der Waals surface area contributed by atoms with Crippen molar-refractivity contribution in [2.24, 2.45) is 5.84 Å². The summed E-state index contributed by atoms with van der Waals surface area (Å²) in [6, 6.07) is 18.0. The monoisotopic (exact) mass is 947 g/mol. The summed E-state index contributed by atoms with van der Waals surface area (Å²) in [7, 11) is 0. The fraction of sp³-hybridized carbons (Fsp3) is 0.283. The molecule has 4 aromatic carbocycles. The highest BCUT2D eigenvalue weighted by molar-refractivity contribution is 7.99. The highest BCUT2D eigenvalue weighted by Crippen LogP contribution is 2.43. The van der Waals surface area contributed by atoms with Gasteiger partial charge in [-0.2, -0.15) is 0 Å². The van der Waals surface area contributed by atoms with Gasteiger partial charge in [-0.3, -0.25) is 19.4 Å². The summed E-state index contributed by atoms with van der Waals surface area (Å²) in [4.78, 5) is 49.5. The maximum atomic E-state index is 15.1. The Balaban J connectivity index is 0.970. The number of anilines is 4. The van der Waals surface area contributed by atoms with Crippen LogP contribution in [-0.4, -0.2) is 59.7 Å². The zero-order valence-corrected chi connectivity index (χ0v) is 38.0. The van der Waals surface area contributed by atoms with Crippen molar-refractivity contribution in [2.45, 2.75) is 57.4 Å². The molecule has 5 aromatic rings. The number of carbonyl (C=O) groups is 3. The van der Waals surface area contributed by atoms with Gasteiger partial charge in [0.15, 0.2) is 16.8 Å². The minimum absolute atomic E-state index is 0.0976. The van der Waals surface area contributed by atoms with Gasteiger partial charge >= 0.3 is 0 Å². The number of halogens is 5. The third-order valence-corrected chi connectivity index (χ3v) is 11.9. The number of hydrogen-bond acceptors (Lipinski definition) is 11. The first kappa shape index (κ1) is 48.4. The number of carbonyl (C=O) groups excluding carboxylic acids is 3. The van der Waals surface area contributed by atoms with Gasteiger partial charge in [0.25, 0.3) is 11.8 Å². The van der Waals surface area contributed by atoms with Crippen molar-refractivity contribution in [3.63, 3.8) is 0 Å². The standard InChI is InChI=1S/C46H46Cl2F3N9O4S/c1-4-20-65-45-57-41(40(52)42(58-45)60(53)25-27-8-12-30(47)13-9-27)55-17-19-64-18-16-54-39(61)15-10-28-21-36(50)31(37(51)22-28)24-56-43(62)29-11-14-33-38(23-29)59(44(63)46(33,2)3)26-32-34(48)6-5-7-35(32)49/h5-9,11-14,21-23H,4,16-20,24-26,52-53H2,1-3H3,(H,54,61)(H,56,62)(H,55,57,58). The zero-order valence-electron chi connectivity index (χ0n) is 35.7. The maximum Gasteiger partial charge on any atom is 0.296 e. The second-order valence-electron chi connectivity index (χ2n) is 15.3. The summed E-state index contributed by atoms with van der Waals surface area (Å²) in [5, 5.41) is 10.9. The van der Waals surface area contributed by atoms with Gasteiger partial charge in [-0.15, -0.1) is 0 Å². The fourth-order valence-electron chi connectivity index (χ4n) is 6.76. The first-order valence-electron chi connectivity index (χ1n) is 20.4. The molecule has 0 unspecified atom stereocenters. The van der Waals surface area contributed by atoms with Crippen molar-refractivity contribution < 1.29 is 32.3 Å². The van der Waals surface area contributed by atoms with Crippen molar-refractivity contribution in [2.75, 3.05) is 53.0 Å². The average molecular weight is 949 g/mol. The molecule has 2 heterocycles. The molecule has 6 rings (SSSR count). The van der Waals surface area contributed by atoms with Gasteiger partial charge in [0.2, 0.25) is 5.91 Å². The Bertz CT molecular complexity index is 2600. The van der Waals surface area contributed by atoms with E-state index in [1.165, 1.54) is 52.0 Å². The molecular formula is C46H46Cl2F3N9O4S. The molecule has 1 aliphatic rings. The van der Waals surface area contributed by atoms with Crippen LogP contribution in [0.3, 0.4) is 0 Å². The largest absolute Gasteiger partial charge is 0.393 e. The molecule has 3 amide bonds. The number of nitrogen functional groups attached to an aromatic ring is 1. The van der Waals surface area contributed by atoms with Gasteiger partial charge in [-0.05, 0) is 79.9 Å². The molecule has 0 fully saturated rings. The van der Waals surface area contributed by atoms with Gasteiger partial charge in [-0.25, -0.2) is 29.0 Å². The topological polar surface area (TPSA) is 181 Å². The second kappa shape index (κ2) is 21.8. The van der Waals surface area contributed by atoms with E-state index >= 15 is 8.78 Å². The number of amides is 3. The van der Waals surface area contributed by atoms with Crippen LogP contribution in [0.5, 0.6) is 0 Å². The quantitative estimate of drug-likeness (QED) is 0.0147. The van der Waals surface area contributed by atoms with Crippen LogP contribution in [0.25, 0.3) is 0 Å². The molecule has 19 heteroatoms. The normalized spacial score (nSPS) is 12.6. The summed E-state index contributed by atoms with van der Waals surface area (Å²) in [5.74, 6) is 8.47.